The van der Waals surface area contributed by atoms with E-state index in [1.807, 2.05) is 6.07 Å². The molecule has 2 rings (SSSR count). The molecule has 1 atom stereocenters. The Morgan fingerprint density at radius 3 is 2.09 bits per heavy atom. The molecule has 0 radical (unpaired) electrons. The van der Waals surface area contributed by atoms with Gasteiger partial charge in [-0.05, 0) is 31.5 Å². The summed E-state index contributed by atoms with van der Waals surface area (Å²) in [7, 11) is -3.12. The predicted octanol–water partition coefficient (Wildman–Crippen LogP) is 0.924. The maximum absolute atomic E-state index is 12.1. The number of piperidine rings is 1. The number of hydrogen-bond acceptors (Lipinski definition) is 5. The first-order valence-corrected chi connectivity index (χ1v) is 8.52. The quantitative estimate of drug-likeness (QED) is 0.696. The van der Waals surface area contributed by atoms with Gasteiger partial charge in [-0.3, -0.25) is 0 Å². The highest BCUT2D eigenvalue weighted by Gasteiger charge is 2.28. The van der Waals surface area contributed by atoms with Gasteiger partial charge in [-0.2, -0.15) is 0 Å². The van der Waals surface area contributed by atoms with E-state index in [9.17, 15) is 18.0 Å². The molecule has 8 heteroatoms. The summed E-state index contributed by atoms with van der Waals surface area (Å²) in [5.41, 5.74) is 0. The maximum Gasteiger partial charge on any atom is 0.328 e. The highest BCUT2D eigenvalue weighted by Crippen LogP contribution is 2.20. The zero-order valence-corrected chi connectivity index (χ0v) is 13.2. The lowest BCUT2D eigenvalue weighted by molar-refractivity contribution is -0.134. The van der Waals surface area contributed by atoms with Crippen molar-refractivity contribution in [1.29, 1.82) is 0 Å². The van der Waals surface area contributed by atoms with Crippen molar-refractivity contribution < 1.29 is 28.2 Å². The van der Waals surface area contributed by atoms with Gasteiger partial charge in [-0.25, -0.2) is 18.0 Å². The molecule has 7 nitrogen and oxygen atoms in total. The third kappa shape index (κ3) is 6.62. The lowest BCUT2D eigenvalue weighted by Crippen LogP contribution is -2.38. The minimum atomic E-state index is -3.12. The Labute approximate surface area is 134 Å². The second-order valence-corrected chi connectivity index (χ2v) is 7.06. The van der Waals surface area contributed by atoms with Crippen molar-refractivity contribution in [3.63, 3.8) is 0 Å². The molecule has 23 heavy (non-hydrogen) atoms. The van der Waals surface area contributed by atoms with Crippen LogP contribution >= 0.6 is 0 Å². The van der Waals surface area contributed by atoms with E-state index < -0.39 is 21.8 Å². The molecule has 1 fully saturated rings. The number of carboxylic acids is 2. The molecule has 0 amide bonds. The van der Waals surface area contributed by atoms with Gasteiger partial charge < -0.3 is 15.5 Å². The van der Waals surface area contributed by atoms with E-state index in [0.29, 0.717) is 23.6 Å². The van der Waals surface area contributed by atoms with Crippen LogP contribution in [-0.2, 0) is 19.4 Å². The van der Waals surface area contributed by atoms with Gasteiger partial charge in [-0.1, -0.05) is 18.2 Å². The van der Waals surface area contributed by atoms with Crippen molar-refractivity contribution in [3.8, 4) is 0 Å². The average Bonchev–Trinajstić information content (AvgIpc) is 2.55. The van der Waals surface area contributed by atoms with E-state index in [4.69, 9.17) is 10.2 Å². The van der Waals surface area contributed by atoms with Crippen molar-refractivity contribution in [2.75, 3.05) is 13.1 Å². The van der Waals surface area contributed by atoms with E-state index >= 15 is 0 Å². The minimum absolute atomic E-state index is 0.256. The van der Waals surface area contributed by atoms with E-state index in [-0.39, 0.29) is 5.25 Å². The molecule has 1 heterocycles. The third-order valence-corrected chi connectivity index (χ3v) is 5.34. The number of hydrogen-bond donors (Lipinski definition) is 3. The molecule has 0 aliphatic carbocycles. The Morgan fingerprint density at radius 1 is 1.09 bits per heavy atom. The first kappa shape index (κ1) is 18.9. The number of aliphatic carboxylic acids is 2. The van der Waals surface area contributed by atoms with Crippen molar-refractivity contribution >= 4 is 21.8 Å². The summed E-state index contributed by atoms with van der Waals surface area (Å²) in [6, 6.07) is 8.71. The van der Waals surface area contributed by atoms with Gasteiger partial charge in [0.05, 0.1) is 10.1 Å². The van der Waals surface area contributed by atoms with E-state index in [1.165, 1.54) is 0 Å². The standard InChI is InChI=1S/C11H15NO2S.C4H4O4/c13-15(14,10-5-2-1-3-6-10)11-7-4-8-12-9-11;5-3(6)1-2-4(7)8/h1-3,5-6,11-12H,4,7-9H2;1-2H,(H,5,6)(H,7,8)/b;2-1-. The molecule has 0 aromatic heterocycles. The molecule has 1 aromatic carbocycles. The fourth-order valence-electron chi connectivity index (χ4n) is 2.03. The van der Waals surface area contributed by atoms with Gasteiger partial charge in [0.25, 0.3) is 0 Å². The van der Waals surface area contributed by atoms with Crippen LogP contribution in [0.4, 0.5) is 0 Å². The molecule has 0 bridgehead atoms. The number of carbonyl (C=O) groups is 2. The summed E-state index contributed by atoms with van der Waals surface area (Å²) in [4.78, 5) is 19.6. The zero-order valence-electron chi connectivity index (χ0n) is 12.4. The Balaban J connectivity index is 0.000000284. The summed E-state index contributed by atoms with van der Waals surface area (Å²) < 4.78 is 24.3. The SMILES string of the molecule is O=C(O)/C=C\C(=O)O.O=S(=O)(c1ccccc1)C1CCCNC1. The molecule has 1 aliphatic heterocycles. The summed E-state index contributed by atoms with van der Waals surface area (Å²) in [6.45, 7) is 1.51. The highest BCUT2D eigenvalue weighted by molar-refractivity contribution is 7.92. The van der Waals surface area contributed by atoms with Gasteiger partial charge in [-0.15, -0.1) is 0 Å². The lowest BCUT2D eigenvalue weighted by atomic mass is 10.2. The van der Waals surface area contributed by atoms with Crippen molar-refractivity contribution in [3.05, 3.63) is 42.5 Å². The van der Waals surface area contributed by atoms with Crippen LogP contribution in [0.1, 0.15) is 12.8 Å². The summed E-state index contributed by atoms with van der Waals surface area (Å²) >= 11 is 0. The minimum Gasteiger partial charge on any atom is -0.478 e. The van der Waals surface area contributed by atoms with Crippen LogP contribution in [0.3, 0.4) is 0 Å². The highest BCUT2D eigenvalue weighted by atomic mass is 32.2. The maximum atomic E-state index is 12.1. The summed E-state index contributed by atoms with van der Waals surface area (Å²) in [6.07, 6.45) is 2.83. The number of sulfone groups is 1. The van der Waals surface area contributed by atoms with Gasteiger partial charge in [0, 0.05) is 18.7 Å². The molecule has 1 saturated heterocycles. The van der Waals surface area contributed by atoms with E-state index in [0.717, 1.165) is 19.4 Å². The van der Waals surface area contributed by atoms with E-state index in [1.54, 1.807) is 24.3 Å². The number of nitrogens with one attached hydrogen (secondary N) is 1. The first-order chi connectivity index (χ1) is 10.8. The van der Waals surface area contributed by atoms with Crippen LogP contribution in [0.2, 0.25) is 0 Å². The van der Waals surface area contributed by atoms with Gasteiger partial charge >= 0.3 is 11.9 Å². The van der Waals surface area contributed by atoms with Crippen LogP contribution in [-0.4, -0.2) is 48.9 Å². The van der Waals surface area contributed by atoms with Crippen LogP contribution in [0.15, 0.2) is 47.4 Å². The summed E-state index contributed by atoms with van der Waals surface area (Å²) in [5.74, 6) is -2.51. The Hall–Kier alpha value is -2.19. The second kappa shape index (κ2) is 9.06. The van der Waals surface area contributed by atoms with E-state index in [2.05, 4.69) is 5.32 Å². The number of rotatable bonds is 4. The predicted molar refractivity (Wildman–Crippen MR) is 83.9 cm³/mol. The topological polar surface area (TPSA) is 121 Å². The van der Waals surface area contributed by atoms with Crippen LogP contribution in [0.5, 0.6) is 0 Å². The fourth-order valence-corrected chi connectivity index (χ4v) is 3.77. The molecule has 1 aliphatic rings. The molecule has 126 valence electrons. The Kier molecular flexibility index (Phi) is 7.43. The van der Waals surface area contributed by atoms with Crippen LogP contribution < -0.4 is 5.32 Å². The largest absolute Gasteiger partial charge is 0.478 e. The normalized spacial score (nSPS) is 18.0. The molecule has 3 N–H and O–H groups in total. The Morgan fingerprint density at radius 2 is 1.65 bits per heavy atom. The molecular formula is C15H19NO6S. The van der Waals surface area contributed by atoms with Gasteiger partial charge in [0.15, 0.2) is 9.84 Å². The second-order valence-electron chi connectivity index (χ2n) is 4.84. The summed E-state index contributed by atoms with van der Waals surface area (Å²) in [5, 5.41) is 18.5. The first-order valence-electron chi connectivity index (χ1n) is 6.97. The zero-order chi connectivity index (χ0) is 17.3. The molecule has 0 spiro atoms. The van der Waals surface area contributed by atoms with Crippen molar-refractivity contribution in [2.24, 2.45) is 0 Å². The van der Waals surface area contributed by atoms with Crippen molar-refractivity contribution in [1.82, 2.24) is 5.32 Å². The number of carboxylic acid groups (broad SMARTS) is 2. The molecule has 0 saturated carbocycles. The smallest absolute Gasteiger partial charge is 0.328 e. The van der Waals surface area contributed by atoms with Crippen LogP contribution in [0.25, 0.3) is 0 Å². The molecular weight excluding hydrogens is 322 g/mol. The van der Waals surface area contributed by atoms with Gasteiger partial charge in [0.2, 0.25) is 0 Å². The number of benzene rings is 1. The monoisotopic (exact) mass is 341 g/mol. The third-order valence-electron chi connectivity index (χ3n) is 3.13. The average molecular weight is 341 g/mol. The molecule has 1 aromatic rings. The molecule has 1 unspecified atom stereocenters. The Bertz CT molecular complexity index is 632. The van der Waals surface area contributed by atoms with Crippen LogP contribution in [0, 0.1) is 0 Å². The van der Waals surface area contributed by atoms with Crippen molar-refractivity contribution in [2.45, 2.75) is 23.0 Å². The fraction of sp³-hybridized carbons (Fsp3) is 0.333. The van der Waals surface area contributed by atoms with Gasteiger partial charge in [0.1, 0.15) is 0 Å². The lowest BCUT2D eigenvalue weighted by Gasteiger charge is -2.22.